The van der Waals surface area contributed by atoms with E-state index in [-0.39, 0.29) is 12.3 Å². The minimum Gasteiger partial charge on any atom is -0.369 e. The number of rotatable bonds is 4. The van der Waals surface area contributed by atoms with Crippen LogP contribution in [0.1, 0.15) is 5.01 Å². The molecule has 1 amide bonds. The number of hydrogen-bond donors (Lipinski definition) is 1. The van der Waals surface area contributed by atoms with Crippen LogP contribution in [0.5, 0.6) is 0 Å². The number of nitrogens with zero attached hydrogens (tertiary/aromatic N) is 1. The van der Waals surface area contributed by atoms with Gasteiger partial charge in [-0.15, -0.1) is 11.3 Å². The summed E-state index contributed by atoms with van der Waals surface area (Å²) < 4.78 is 0. The molecule has 21 heavy (non-hydrogen) atoms. The van der Waals surface area contributed by atoms with Gasteiger partial charge in [0.15, 0.2) is 0 Å². The fourth-order valence-corrected chi connectivity index (χ4v) is 3.27. The summed E-state index contributed by atoms with van der Waals surface area (Å²) >= 11 is 1.52. The number of nitrogens with two attached hydrogens (primary N) is 1. The maximum absolute atomic E-state index is 11.2. The zero-order valence-electron chi connectivity index (χ0n) is 11.3. The summed E-state index contributed by atoms with van der Waals surface area (Å²) in [6, 6.07) is 20.1. The maximum atomic E-state index is 11.2. The molecule has 0 atom stereocenters. The summed E-state index contributed by atoms with van der Waals surface area (Å²) in [5.74, 6) is -0.358. The lowest BCUT2D eigenvalue weighted by molar-refractivity contribution is -0.117. The van der Waals surface area contributed by atoms with Crippen molar-refractivity contribution in [1.82, 2.24) is 4.98 Å². The zero-order chi connectivity index (χ0) is 14.7. The molecule has 2 N–H and O–H groups in total. The highest BCUT2D eigenvalue weighted by molar-refractivity contribution is 7.15. The van der Waals surface area contributed by atoms with Gasteiger partial charge in [0.25, 0.3) is 0 Å². The van der Waals surface area contributed by atoms with Crippen molar-refractivity contribution in [3.8, 4) is 21.7 Å². The molecule has 3 aromatic rings. The van der Waals surface area contributed by atoms with Crippen LogP contribution in [0.3, 0.4) is 0 Å². The van der Waals surface area contributed by atoms with Gasteiger partial charge in [0.2, 0.25) is 5.91 Å². The summed E-state index contributed by atoms with van der Waals surface area (Å²) in [5, 5.41) is 0.750. The number of carbonyl (C=O) groups is 1. The second-order valence-corrected chi connectivity index (χ2v) is 5.74. The molecule has 0 saturated heterocycles. The van der Waals surface area contributed by atoms with Crippen LogP contribution in [0.25, 0.3) is 21.7 Å². The Bertz CT molecular complexity index is 694. The van der Waals surface area contributed by atoms with Crippen molar-refractivity contribution in [3.63, 3.8) is 0 Å². The topological polar surface area (TPSA) is 56.0 Å². The van der Waals surface area contributed by atoms with Crippen molar-refractivity contribution in [2.24, 2.45) is 5.73 Å². The SMILES string of the molecule is NC(=O)Cc1nc(-c2ccccc2)c(-c2ccccc2)s1. The lowest BCUT2D eigenvalue weighted by Gasteiger charge is -2.02. The van der Waals surface area contributed by atoms with E-state index in [9.17, 15) is 4.79 Å². The predicted octanol–water partition coefficient (Wildman–Crippen LogP) is 3.50. The molecule has 2 aromatic carbocycles. The monoisotopic (exact) mass is 294 g/mol. The molecule has 0 aliphatic heterocycles. The number of primary amides is 1. The first kappa shape index (κ1) is 13.5. The number of aromatic nitrogens is 1. The third kappa shape index (κ3) is 3.01. The molecule has 0 radical (unpaired) electrons. The van der Waals surface area contributed by atoms with E-state index in [1.165, 1.54) is 11.3 Å². The van der Waals surface area contributed by atoms with Gasteiger partial charge < -0.3 is 5.73 Å². The Balaban J connectivity index is 2.13. The number of carbonyl (C=O) groups excluding carboxylic acids is 1. The maximum Gasteiger partial charge on any atom is 0.224 e. The molecule has 0 bridgehead atoms. The fraction of sp³-hybridized carbons (Fsp3) is 0.0588. The Morgan fingerprint density at radius 3 is 2.10 bits per heavy atom. The number of thiazole rings is 1. The molecular weight excluding hydrogens is 280 g/mol. The summed E-state index contributed by atoms with van der Waals surface area (Å²) in [6.07, 6.45) is 0.178. The van der Waals surface area contributed by atoms with E-state index >= 15 is 0 Å². The van der Waals surface area contributed by atoms with Crippen molar-refractivity contribution < 1.29 is 4.79 Å². The molecule has 104 valence electrons. The molecule has 1 heterocycles. The zero-order valence-corrected chi connectivity index (χ0v) is 12.1. The van der Waals surface area contributed by atoms with Crippen molar-refractivity contribution in [2.75, 3.05) is 0 Å². The lowest BCUT2D eigenvalue weighted by atomic mass is 10.1. The Hall–Kier alpha value is -2.46. The second-order valence-electron chi connectivity index (χ2n) is 4.66. The third-order valence-corrected chi connectivity index (χ3v) is 4.18. The van der Waals surface area contributed by atoms with Crippen LogP contribution in [0.4, 0.5) is 0 Å². The Kier molecular flexibility index (Phi) is 3.79. The van der Waals surface area contributed by atoms with E-state index in [0.29, 0.717) is 0 Å². The fourth-order valence-electron chi connectivity index (χ4n) is 2.17. The van der Waals surface area contributed by atoms with Crippen LogP contribution in [0.15, 0.2) is 60.7 Å². The van der Waals surface area contributed by atoms with E-state index in [0.717, 1.165) is 26.7 Å². The molecule has 0 fully saturated rings. The molecule has 1 aromatic heterocycles. The van der Waals surface area contributed by atoms with Gasteiger partial charge in [-0.1, -0.05) is 60.7 Å². The third-order valence-electron chi connectivity index (χ3n) is 3.08. The number of benzene rings is 2. The van der Waals surface area contributed by atoms with Gasteiger partial charge >= 0.3 is 0 Å². The van der Waals surface area contributed by atoms with Gasteiger partial charge in [-0.3, -0.25) is 4.79 Å². The summed E-state index contributed by atoms with van der Waals surface area (Å²) in [5.41, 5.74) is 8.34. The highest BCUT2D eigenvalue weighted by Crippen LogP contribution is 2.36. The van der Waals surface area contributed by atoms with Crippen LogP contribution >= 0.6 is 11.3 Å². The van der Waals surface area contributed by atoms with Crippen LogP contribution < -0.4 is 5.73 Å². The highest BCUT2D eigenvalue weighted by Gasteiger charge is 2.15. The number of hydrogen-bond acceptors (Lipinski definition) is 3. The smallest absolute Gasteiger partial charge is 0.224 e. The Morgan fingerprint density at radius 1 is 0.952 bits per heavy atom. The lowest BCUT2D eigenvalue weighted by Crippen LogP contribution is -2.13. The van der Waals surface area contributed by atoms with E-state index in [2.05, 4.69) is 4.98 Å². The van der Waals surface area contributed by atoms with Crippen LogP contribution in [0.2, 0.25) is 0 Å². The summed E-state index contributed by atoms with van der Waals surface area (Å²) in [4.78, 5) is 16.8. The first-order valence-electron chi connectivity index (χ1n) is 6.63. The van der Waals surface area contributed by atoms with Gasteiger partial charge in [0.05, 0.1) is 17.0 Å². The number of amides is 1. The first-order chi connectivity index (χ1) is 10.2. The van der Waals surface area contributed by atoms with Crippen molar-refractivity contribution in [2.45, 2.75) is 6.42 Å². The van der Waals surface area contributed by atoms with E-state index in [1.54, 1.807) is 0 Å². The molecule has 0 spiro atoms. The molecule has 0 saturated carbocycles. The van der Waals surface area contributed by atoms with Crippen molar-refractivity contribution in [1.29, 1.82) is 0 Å². The average Bonchev–Trinajstić information content (AvgIpc) is 2.92. The van der Waals surface area contributed by atoms with E-state index in [4.69, 9.17) is 5.73 Å². The van der Waals surface area contributed by atoms with Gasteiger partial charge in [-0.25, -0.2) is 4.98 Å². The van der Waals surface area contributed by atoms with Crippen LogP contribution in [-0.4, -0.2) is 10.9 Å². The quantitative estimate of drug-likeness (QED) is 0.800. The Morgan fingerprint density at radius 2 is 1.52 bits per heavy atom. The van der Waals surface area contributed by atoms with Gasteiger partial charge in [0, 0.05) is 5.56 Å². The minimum absolute atomic E-state index is 0.178. The van der Waals surface area contributed by atoms with Gasteiger partial charge in [-0.2, -0.15) is 0 Å². The van der Waals surface area contributed by atoms with Crippen LogP contribution in [0, 0.1) is 0 Å². The highest BCUT2D eigenvalue weighted by atomic mass is 32.1. The summed E-state index contributed by atoms with van der Waals surface area (Å²) in [6.45, 7) is 0. The molecule has 3 rings (SSSR count). The minimum atomic E-state index is -0.358. The normalized spacial score (nSPS) is 10.5. The predicted molar refractivity (Wildman–Crippen MR) is 85.9 cm³/mol. The molecule has 0 aliphatic carbocycles. The summed E-state index contributed by atoms with van der Waals surface area (Å²) in [7, 11) is 0. The van der Waals surface area contributed by atoms with Crippen LogP contribution in [-0.2, 0) is 11.2 Å². The van der Waals surface area contributed by atoms with Gasteiger partial charge in [0.1, 0.15) is 5.01 Å². The molecule has 4 heteroatoms. The van der Waals surface area contributed by atoms with Gasteiger partial charge in [-0.05, 0) is 5.56 Å². The molecule has 3 nitrogen and oxygen atoms in total. The van der Waals surface area contributed by atoms with E-state index in [1.807, 2.05) is 60.7 Å². The second kappa shape index (κ2) is 5.89. The average molecular weight is 294 g/mol. The molecule has 0 unspecified atom stereocenters. The molecular formula is C17H14N2OS. The first-order valence-corrected chi connectivity index (χ1v) is 7.44. The van der Waals surface area contributed by atoms with Crippen molar-refractivity contribution in [3.05, 3.63) is 65.7 Å². The van der Waals surface area contributed by atoms with Crippen molar-refractivity contribution >= 4 is 17.2 Å². The largest absolute Gasteiger partial charge is 0.369 e. The molecule has 0 aliphatic rings. The van der Waals surface area contributed by atoms with E-state index < -0.39 is 0 Å². The standard InChI is InChI=1S/C17H14N2OS/c18-14(20)11-15-19-16(12-7-3-1-4-8-12)17(21-15)13-9-5-2-6-10-13/h1-10H,11H2,(H2,18,20). The Labute approximate surface area is 127 Å².